The molecule has 9 atom stereocenters. The van der Waals surface area contributed by atoms with Crippen LogP contribution >= 0.6 is 26.0 Å². The Balaban J connectivity index is 1.09. The second-order valence-electron chi connectivity index (χ2n) is 13.3. The monoisotopic (exact) mass is 875 g/mol. The van der Waals surface area contributed by atoms with Gasteiger partial charge < -0.3 is 34.7 Å². The summed E-state index contributed by atoms with van der Waals surface area (Å²) in [7, 11) is -3.61. The summed E-state index contributed by atoms with van der Waals surface area (Å²) in [5, 5.41) is 9.52. The molecule has 22 nitrogen and oxygen atoms in total. The van der Waals surface area contributed by atoms with E-state index in [1.165, 1.54) is 48.6 Å². The number of carbonyl (C=O) groups excluding carboxylic acids is 1. The molecule has 3 aliphatic heterocycles. The molecule has 3 aromatic heterocycles. The summed E-state index contributed by atoms with van der Waals surface area (Å²) in [4.78, 5) is 63.1. The van der Waals surface area contributed by atoms with Crippen molar-refractivity contribution in [1.82, 2.24) is 29.1 Å². The number of phenolic OH excluding ortho intramolecular Hbond substituents is 1. The first-order valence-corrected chi connectivity index (χ1v) is 22.3. The Morgan fingerprint density at radius 3 is 2.49 bits per heavy atom. The molecule has 8 rings (SSSR count). The third-order valence-electron chi connectivity index (χ3n) is 9.46. The number of imidazole rings is 1. The number of fused-ring (bicyclic) bond motifs is 5. The van der Waals surface area contributed by atoms with Crippen LogP contribution in [0.25, 0.3) is 11.2 Å². The number of aromatic hydroxyl groups is 1. The maximum atomic E-state index is 15.0. The lowest BCUT2D eigenvalue weighted by Gasteiger charge is -2.28. The average molecular weight is 876 g/mol. The maximum absolute atomic E-state index is 15.0. The van der Waals surface area contributed by atoms with Crippen molar-refractivity contribution in [2.45, 2.75) is 55.1 Å². The van der Waals surface area contributed by atoms with Crippen molar-refractivity contribution in [1.29, 1.82) is 0 Å². The first-order valence-electron chi connectivity index (χ1n) is 17.7. The molecule has 0 amide bonds. The summed E-state index contributed by atoms with van der Waals surface area (Å²) in [6.07, 6.45) is -4.79. The van der Waals surface area contributed by atoms with Gasteiger partial charge in [0.05, 0.1) is 31.2 Å². The van der Waals surface area contributed by atoms with Gasteiger partial charge in [-0.15, -0.1) is 0 Å². The van der Waals surface area contributed by atoms with Gasteiger partial charge in [0.25, 0.3) is 5.56 Å². The number of phenols is 1. The van der Waals surface area contributed by atoms with Crippen LogP contribution in [0, 0.1) is 0 Å². The fourth-order valence-corrected chi connectivity index (χ4v) is 11.0. The number of phosphoric acid groups is 1. The van der Waals surface area contributed by atoms with E-state index in [1.54, 1.807) is 24.3 Å². The summed E-state index contributed by atoms with van der Waals surface area (Å²) < 4.78 is 77.9. The van der Waals surface area contributed by atoms with Crippen molar-refractivity contribution in [2.75, 3.05) is 26.1 Å². The van der Waals surface area contributed by atoms with Gasteiger partial charge in [-0.2, -0.15) is 0 Å². The second-order valence-corrected chi connectivity index (χ2v) is 18.8. The molecule has 1 unspecified atom stereocenters. The van der Waals surface area contributed by atoms with Crippen molar-refractivity contribution in [3.8, 4) is 11.5 Å². The van der Waals surface area contributed by atoms with Gasteiger partial charge in [0.1, 0.15) is 47.8 Å². The van der Waals surface area contributed by atoms with Crippen molar-refractivity contribution in [3.05, 3.63) is 105 Å². The van der Waals surface area contributed by atoms with Crippen LogP contribution in [0.3, 0.4) is 0 Å². The number of anilines is 1. The second kappa shape index (κ2) is 16.7. The molecular formula is C34H35N7O15P2S. The summed E-state index contributed by atoms with van der Waals surface area (Å²) in [5.74, 6) is -0.311. The largest absolute Gasteiger partial charge is 0.508 e. The fraction of sp³-hybridized carbons (Fsp3) is 0.353. The van der Waals surface area contributed by atoms with Crippen molar-refractivity contribution >= 4 is 49.0 Å². The first kappa shape index (κ1) is 41.0. The molecule has 3 saturated heterocycles. The van der Waals surface area contributed by atoms with Gasteiger partial charge in [-0.25, -0.2) is 33.7 Å². The summed E-state index contributed by atoms with van der Waals surface area (Å²) >= 11 is 0.787. The van der Waals surface area contributed by atoms with E-state index in [-0.39, 0.29) is 46.2 Å². The number of nitrogens with two attached hydrogens (primary N) is 1. The Morgan fingerprint density at radius 1 is 0.966 bits per heavy atom. The highest BCUT2D eigenvalue weighted by Crippen LogP contribution is 2.65. The number of benzene rings is 2. The number of rotatable bonds is 8. The molecule has 0 spiro atoms. The minimum atomic E-state index is -4.89. The zero-order valence-electron chi connectivity index (χ0n) is 30.6. The number of H-pyrrole nitrogens is 1. The number of methoxy groups -OCH3 is 1. The number of aromatic nitrogens is 6. The Kier molecular flexibility index (Phi) is 11.6. The maximum Gasteiger partial charge on any atom is 0.472 e. The molecule has 0 aliphatic carbocycles. The molecule has 5 aromatic rings. The number of nitrogens with one attached hydrogen (secondary N) is 1. The highest BCUT2D eigenvalue weighted by Gasteiger charge is 2.53. The third kappa shape index (κ3) is 8.91. The number of phosphoric ester groups is 1. The minimum absolute atomic E-state index is 0.00299. The van der Waals surface area contributed by atoms with E-state index < -0.39 is 88.0 Å². The van der Waals surface area contributed by atoms with E-state index in [2.05, 4.69) is 19.9 Å². The minimum Gasteiger partial charge on any atom is -0.508 e. The van der Waals surface area contributed by atoms with Gasteiger partial charge >= 0.3 is 26.3 Å². The van der Waals surface area contributed by atoms with Crippen LogP contribution < -0.4 is 21.7 Å². The molecule has 0 saturated carbocycles. The van der Waals surface area contributed by atoms with E-state index in [9.17, 15) is 33.5 Å². The van der Waals surface area contributed by atoms with Gasteiger partial charge in [0.15, 0.2) is 23.9 Å². The third-order valence-corrected chi connectivity index (χ3v) is 14.1. The Hall–Kier alpha value is -4.77. The van der Waals surface area contributed by atoms with Gasteiger partial charge in [-0.05, 0) is 53.3 Å². The Bertz CT molecular complexity index is 2560. The first-order chi connectivity index (χ1) is 28.3. The van der Waals surface area contributed by atoms with Crippen LogP contribution in [0.2, 0.25) is 0 Å². The normalized spacial score (nSPS) is 29.9. The SMILES string of the molecule is CO[C@H]1[C@H]2O[P@](=O)(SCc3ccc(OC(=O)c4ccc(O)cc4)cc3)OC[C@@H]3C[C@@H](OP(=O)(O)OC[C@H]1O[C@H]2n1ccc(=O)[nH]c1=O)[C@H](n1cnc2c(N)ncnc21)O3. The highest BCUT2D eigenvalue weighted by atomic mass is 32.7. The summed E-state index contributed by atoms with van der Waals surface area (Å²) in [5.41, 5.74) is 5.73. The molecule has 25 heteroatoms. The molecule has 2 aromatic carbocycles. The predicted octanol–water partition coefficient (Wildman–Crippen LogP) is 3.04. The lowest BCUT2D eigenvalue weighted by atomic mass is 10.1. The van der Waals surface area contributed by atoms with Crippen LogP contribution in [-0.2, 0) is 47.2 Å². The van der Waals surface area contributed by atoms with E-state index >= 15 is 0 Å². The van der Waals surface area contributed by atoms with E-state index in [4.69, 9.17) is 42.8 Å². The van der Waals surface area contributed by atoms with Crippen molar-refractivity contribution < 1.29 is 61.0 Å². The van der Waals surface area contributed by atoms with Crippen molar-refractivity contribution in [2.24, 2.45) is 0 Å². The van der Waals surface area contributed by atoms with Crippen LogP contribution in [0.5, 0.6) is 11.5 Å². The standard InChI is InChI=1S/C34H35N7O15P2S/c1-49-27-24-14-50-57(46,47)55-23-12-22(52-31(23)41-17-38-26-29(35)36-16-37-30(26)41)13-51-58(48,56-28(27)32(54-24)40-11-10-25(43)39-34(40)45)59-15-18-2-8-21(9-3-18)53-33(44)19-4-6-20(42)7-5-19/h2-11,16-17,22-24,27-28,31-32,42H,12-15H2,1H3,(H,46,47)(H2,35,36,37)(H,39,43,45)/t22-,23+,24+,27+,28+,31+,32+,58+/m0/s1. The number of hydrogen-bond donors (Lipinski definition) is 4. The lowest BCUT2D eigenvalue weighted by molar-refractivity contribution is -0.0668. The fourth-order valence-electron chi connectivity index (χ4n) is 6.67. The van der Waals surface area contributed by atoms with Gasteiger partial charge in [0, 0.05) is 31.5 Å². The number of esters is 1. The van der Waals surface area contributed by atoms with Crippen LogP contribution in [0.1, 0.15) is 34.8 Å². The van der Waals surface area contributed by atoms with Crippen molar-refractivity contribution in [3.63, 3.8) is 0 Å². The summed E-state index contributed by atoms with van der Waals surface area (Å²) in [6.45, 7) is -5.39. The molecule has 3 fully saturated rings. The number of hydrogen-bond acceptors (Lipinski definition) is 19. The number of ether oxygens (including phenoxy) is 4. The molecule has 59 heavy (non-hydrogen) atoms. The summed E-state index contributed by atoms with van der Waals surface area (Å²) in [6, 6.07) is 13.0. The van der Waals surface area contributed by atoms with Gasteiger partial charge in [-0.1, -0.05) is 12.1 Å². The number of nitrogen functional groups attached to an aromatic ring is 1. The Labute approximate surface area is 336 Å². The van der Waals surface area contributed by atoms with E-state index in [0.717, 1.165) is 28.2 Å². The molecule has 3 aliphatic rings. The lowest BCUT2D eigenvalue weighted by Crippen LogP contribution is -2.40. The molecule has 312 valence electrons. The van der Waals surface area contributed by atoms with Gasteiger partial charge in [-0.3, -0.25) is 37.0 Å². The molecule has 6 heterocycles. The van der Waals surface area contributed by atoms with Gasteiger partial charge in [0.2, 0.25) is 0 Å². The average Bonchev–Trinajstić information content (AvgIpc) is 3.91. The number of aromatic amines is 1. The van der Waals surface area contributed by atoms with E-state index in [1.807, 2.05) is 0 Å². The van der Waals surface area contributed by atoms with E-state index in [0.29, 0.717) is 5.56 Å². The molecular weight excluding hydrogens is 840 g/mol. The van der Waals surface area contributed by atoms with Crippen LogP contribution in [-0.4, -0.2) is 95.9 Å². The molecule has 0 radical (unpaired) electrons. The number of nitrogens with zero attached hydrogens (tertiary/aromatic N) is 5. The van der Waals surface area contributed by atoms with Crippen LogP contribution in [0.15, 0.2) is 83.0 Å². The smallest absolute Gasteiger partial charge is 0.472 e. The highest BCUT2D eigenvalue weighted by molar-refractivity contribution is 8.54. The zero-order valence-corrected chi connectivity index (χ0v) is 33.2. The van der Waals surface area contributed by atoms with Crippen LogP contribution in [0.4, 0.5) is 5.82 Å². The zero-order chi connectivity index (χ0) is 41.5. The quantitative estimate of drug-likeness (QED) is 0.0989. The topological polar surface area (TPSA) is 290 Å². The Morgan fingerprint density at radius 2 is 1.75 bits per heavy atom. The predicted molar refractivity (Wildman–Crippen MR) is 204 cm³/mol. The molecule has 5 N–H and O–H groups in total. The molecule has 4 bridgehead atoms. The number of carbonyl (C=O) groups is 1.